The summed E-state index contributed by atoms with van der Waals surface area (Å²) in [6, 6.07) is 12.4. The van der Waals surface area contributed by atoms with Crippen molar-refractivity contribution in [2.24, 2.45) is 0 Å². The van der Waals surface area contributed by atoms with E-state index in [2.05, 4.69) is 44.5 Å². The van der Waals surface area contributed by atoms with Gasteiger partial charge in [-0.05, 0) is 61.4 Å². The highest BCUT2D eigenvalue weighted by Gasteiger charge is 2.24. The maximum Gasteiger partial charge on any atom is 0.305 e. The van der Waals surface area contributed by atoms with Crippen molar-refractivity contribution >= 4 is 35.2 Å². The van der Waals surface area contributed by atoms with Crippen LogP contribution in [0.25, 0.3) is 11.4 Å². The molecule has 0 bridgehead atoms. The number of aromatic amines is 1. The lowest BCUT2D eigenvalue weighted by atomic mass is 10.0. The third-order valence-corrected chi connectivity index (χ3v) is 9.54. The third kappa shape index (κ3) is 13.0. The molecule has 2 aliphatic heterocycles. The second kappa shape index (κ2) is 21.3. The van der Waals surface area contributed by atoms with Crippen molar-refractivity contribution in [1.82, 2.24) is 35.8 Å². The van der Waals surface area contributed by atoms with Crippen LogP contribution in [0.5, 0.6) is 5.75 Å². The summed E-state index contributed by atoms with van der Waals surface area (Å²) >= 11 is 0. The molecule has 6 N–H and O–H groups in total. The minimum atomic E-state index is -1.34. The number of hydrogen-bond acceptors (Lipinski definition) is 8. The largest absolute Gasteiger partial charge is 0.491 e. The fraction of sp³-hybridized carbons (Fsp3) is 0.372. The van der Waals surface area contributed by atoms with Crippen LogP contribution >= 0.6 is 0 Å². The highest BCUT2D eigenvalue weighted by Crippen LogP contribution is 2.25. The molecule has 2 heterocycles. The minimum absolute atomic E-state index is 0.111. The lowest BCUT2D eigenvalue weighted by Gasteiger charge is -2.17. The van der Waals surface area contributed by atoms with Crippen LogP contribution in [0.2, 0.25) is 0 Å². The number of aliphatic carboxylic acids is 1. The smallest absolute Gasteiger partial charge is 0.305 e. The van der Waals surface area contributed by atoms with Crippen LogP contribution in [0.3, 0.4) is 0 Å². The minimum Gasteiger partial charge on any atom is -0.491 e. The number of amides is 4. The summed E-state index contributed by atoms with van der Waals surface area (Å²) in [6.45, 7) is 2.75. The van der Waals surface area contributed by atoms with Gasteiger partial charge in [0, 0.05) is 32.5 Å². The first-order valence-electron chi connectivity index (χ1n) is 19.7. The van der Waals surface area contributed by atoms with Gasteiger partial charge in [0.15, 0.2) is 17.4 Å². The highest BCUT2D eigenvalue weighted by atomic mass is 19.1. The number of allylic oxidation sites excluding steroid dienone is 4. The van der Waals surface area contributed by atoms with Crippen LogP contribution in [0.15, 0.2) is 77.8 Å². The zero-order valence-corrected chi connectivity index (χ0v) is 33.1. The third-order valence-electron chi connectivity index (χ3n) is 9.54. The van der Waals surface area contributed by atoms with Crippen molar-refractivity contribution in [1.29, 1.82) is 0 Å². The predicted octanol–water partition coefficient (Wildman–Crippen LogP) is 3.71. The number of H-pyrrole nitrogens is 1. The van der Waals surface area contributed by atoms with Crippen LogP contribution in [0.1, 0.15) is 87.0 Å². The molecule has 16 heteroatoms. The molecule has 15 nitrogen and oxygen atoms in total. The van der Waals surface area contributed by atoms with Gasteiger partial charge in [-0.15, -0.1) is 0 Å². The zero-order valence-electron chi connectivity index (χ0n) is 33.1. The molecule has 0 spiro atoms. The van der Waals surface area contributed by atoms with Gasteiger partial charge in [0.05, 0.1) is 31.0 Å². The number of fused-ring (bicyclic) bond motifs is 1. The first-order valence-corrected chi connectivity index (χ1v) is 19.7. The summed E-state index contributed by atoms with van der Waals surface area (Å²) in [5.74, 6) is -3.72. The average molecular weight is 812 g/mol. The summed E-state index contributed by atoms with van der Waals surface area (Å²) in [5, 5.41) is 18.6. The molecule has 59 heavy (non-hydrogen) atoms. The number of hydrogen-bond donors (Lipinski definition) is 6. The molecule has 0 saturated heterocycles. The van der Waals surface area contributed by atoms with Gasteiger partial charge in [0.1, 0.15) is 17.8 Å². The van der Waals surface area contributed by atoms with Crippen LogP contribution in [0, 0.1) is 5.82 Å². The Hall–Kier alpha value is -6.58. The van der Waals surface area contributed by atoms with Crippen molar-refractivity contribution in [2.45, 2.75) is 83.7 Å². The van der Waals surface area contributed by atoms with Crippen LogP contribution < -0.4 is 31.6 Å². The highest BCUT2D eigenvalue weighted by molar-refractivity contribution is 5.93. The predicted molar refractivity (Wildman–Crippen MR) is 218 cm³/mol. The van der Waals surface area contributed by atoms with Crippen molar-refractivity contribution < 1.29 is 38.2 Å². The van der Waals surface area contributed by atoms with Gasteiger partial charge in [0.2, 0.25) is 23.6 Å². The van der Waals surface area contributed by atoms with Crippen molar-refractivity contribution in [2.75, 3.05) is 19.7 Å². The number of nitrogens with zero attached hydrogens (tertiary/aromatic N) is 2. The zero-order chi connectivity index (χ0) is 42.3. The van der Waals surface area contributed by atoms with Crippen molar-refractivity contribution in [3.63, 3.8) is 0 Å². The summed E-state index contributed by atoms with van der Waals surface area (Å²) in [4.78, 5) is 81.0. The Morgan fingerprint density at radius 2 is 1.73 bits per heavy atom. The van der Waals surface area contributed by atoms with Crippen LogP contribution in [-0.4, -0.2) is 81.0 Å². The van der Waals surface area contributed by atoms with E-state index in [0.717, 1.165) is 55.1 Å². The first-order chi connectivity index (χ1) is 28.4. The number of ether oxygens (including phenoxy) is 1. The van der Waals surface area contributed by atoms with Gasteiger partial charge < -0.3 is 36.1 Å². The number of carbonyl (C=O) groups is 5. The Morgan fingerprint density at radius 3 is 2.44 bits per heavy atom. The quantitative estimate of drug-likeness (QED) is 0.0676. The molecule has 0 saturated carbocycles. The van der Waals surface area contributed by atoms with E-state index >= 15 is 4.39 Å². The van der Waals surface area contributed by atoms with Gasteiger partial charge in [-0.25, -0.2) is 9.37 Å². The van der Waals surface area contributed by atoms with E-state index in [0.29, 0.717) is 42.9 Å². The van der Waals surface area contributed by atoms with Gasteiger partial charge in [-0.1, -0.05) is 67.5 Å². The molecule has 0 aromatic heterocycles. The molecule has 2 unspecified atom stereocenters. The van der Waals surface area contributed by atoms with Crippen LogP contribution in [-0.2, 0) is 36.8 Å². The number of aromatic nitrogens is 3. The van der Waals surface area contributed by atoms with Crippen LogP contribution in [0.4, 0.5) is 4.39 Å². The SMILES string of the molecule is CC(=O)NC(CC(=O)O)C(=O)NCC(=O)NC(C)C(=O)NCCCCCCOc1ccc(Cc2nc3c(Cc4ccccc4)[nH]c(C4=CCCC=C4)cn-3c2=O)cc1F. The number of carboxylic acids is 1. The van der Waals surface area contributed by atoms with Gasteiger partial charge >= 0.3 is 5.97 Å². The Morgan fingerprint density at radius 1 is 0.949 bits per heavy atom. The molecule has 0 radical (unpaired) electrons. The molecular formula is C43H50FN7O8. The van der Waals surface area contributed by atoms with E-state index in [1.165, 1.54) is 13.0 Å². The normalized spacial score (nSPS) is 13.2. The van der Waals surface area contributed by atoms with Crippen molar-refractivity contribution in [3.8, 4) is 11.6 Å². The number of nitrogens with one attached hydrogen (secondary N) is 5. The molecule has 0 fully saturated rings. The fourth-order valence-electron chi connectivity index (χ4n) is 6.55. The summed E-state index contributed by atoms with van der Waals surface area (Å²) in [5.41, 5.74) is 4.39. The van der Waals surface area contributed by atoms with E-state index in [9.17, 15) is 28.8 Å². The Kier molecular flexibility index (Phi) is 15.7. The van der Waals surface area contributed by atoms with Gasteiger partial charge in [0.25, 0.3) is 5.56 Å². The van der Waals surface area contributed by atoms with E-state index in [4.69, 9.17) is 14.8 Å². The lowest BCUT2D eigenvalue weighted by molar-refractivity contribution is -0.140. The van der Waals surface area contributed by atoms with Crippen molar-refractivity contribution in [3.05, 3.63) is 117 Å². The van der Waals surface area contributed by atoms with E-state index in [1.807, 2.05) is 30.3 Å². The molecule has 4 amide bonds. The number of carbonyl (C=O) groups excluding carboxylic acids is 4. The topological polar surface area (TPSA) is 214 Å². The molecule has 2 atom stereocenters. The first kappa shape index (κ1) is 43.5. The number of unbranched alkanes of at least 4 members (excludes halogenated alkanes) is 3. The summed E-state index contributed by atoms with van der Waals surface area (Å²) < 4.78 is 22.4. The second-order valence-electron chi connectivity index (χ2n) is 14.4. The Labute approximate surface area is 340 Å². The standard InChI is InChI=1S/C43H50FN7O8/c1-27(47-38(53)25-46-42(57)34(24-39(54)55)48-28(2)52)41(56)45-19-11-3-4-12-20-59-37-18-17-30(21-32(37)44)23-35-43(58)51-26-36(31-15-9-6-10-16-31)49-33(40(51)50-35)22-29-13-7-5-8-14-29/h5,7-9,13-18,21,26-27,34,49H,3-4,6,10-12,19-20,22-25H2,1-2H3,(H,45,56)(H,46,57)(H,47,53)(H,48,52)(H,54,55). The van der Waals surface area contributed by atoms with E-state index in [-0.39, 0.29) is 24.3 Å². The monoisotopic (exact) mass is 811 g/mol. The maximum absolute atomic E-state index is 15.1. The number of carboxylic acid groups (broad SMARTS) is 1. The van der Waals surface area contributed by atoms with Gasteiger partial charge in [-0.2, -0.15) is 0 Å². The summed E-state index contributed by atoms with van der Waals surface area (Å²) in [7, 11) is 0. The van der Waals surface area contributed by atoms with E-state index < -0.39 is 60.5 Å². The second-order valence-corrected chi connectivity index (χ2v) is 14.4. The number of imidazole rings is 1. The number of halogens is 1. The molecule has 3 aliphatic rings. The average Bonchev–Trinajstić information content (AvgIpc) is 3.52. The maximum atomic E-state index is 15.1. The number of rotatable bonds is 21. The van der Waals surface area contributed by atoms with Gasteiger partial charge in [-0.3, -0.25) is 33.3 Å². The molecule has 2 aromatic rings. The molecule has 312 valence electrons. The lowest BCUT2D eigenvalue weighted by Crippen LogP contribution is -2.51. The molecular weight excluding hydrogens is 762 g/mol. The molecule has 1 aliphatic carbocycles. The fourth-order valence-corrected chi connectivity index (χ4v) is 6.55. The Balaban J connectivity index is 1.03. The number of benzene rings is 2. The molecule has 5 rings (SSSR count). The van der Waals surface area contributed by atoms with E-state index in [1.54, 1.807) is 22.9 Å². The summed E-state index contributed by atoms with van der Waals surface area (Å²) in [6.07, 6.45) is 12.9. The Bertz CT molecular complexity index is 2200. The molecule has 2 aromatic carbocycles.